The van der Waals surface area contributed by atoms with Gasteiger partial charge in [0, 0.05) is 32.7 Å². The third-order valence-electron chi connectivity index (χ3n) is 3.84. The van der Waals surface area contributed by atoms with Crippen LogP contribution in [0.15, 0.2) is 18.3 Å². The van der Waals surface area contributed by atoms with Gasteiger partial charge in [-0.05, 0) is 39.8 Å². The predicted octanol–water partition coefficient (Wildman–Crippen LogP) is 1.25. The van der Waals surface area contributed by atoms with E-state index in [0.717, 1.165) is 5.69 Å². The molecule has 1 saturated heterocycles. The number of rotatable bonds is 4. The number of carbonyl (C=O) groups excluding carboxylic acids is 2. The Bertz CT molecular complexity index is 617. The molecule has 0 unspecified atom stereocenters. The van der Waals surface area contributed by atoms with Gasteiger partial charge in [0.2, 0.25) is 0 Å². The first kappa shape index (κ1) is 20.0. The Morgan fingerprint density at radius 2 is 1.92 bits per heavy atom. The second-order valence-corrected chi connectivity index (χ2v) is 7.42. The number of nitrogens with zero attached hydrogens (tertiary/aromatic N) is 3. The van der Waals surface area contributed by atoms with Gasteiger partial charge >= 0.3 is 6.09 Å². The van der Waals surface area contributed by atoms with E-state index in [1.807, 2.05) is 26.8 Å². The summed E-state index contributed by atoms with van der Waals surface area (Å²) in [6, 6.07) is 3.50. The fourth-order valence-corrected chi connectivity index (χ4v) is 2.51. The van der Waals surface area contributed by atoms with Crippen LogP contribution in [0.2, 0.25) is 0 Å². The molecule has 1 aromatic heterocycles. The van der Waals surface area contributed by atoms with Crippen LogP contribution in [0, 0.1) is 0 Å². The van der Waals surface area contributed by atoms with Crippen molar-refractivity contribution in [2.45, 2.75) is 39.4 Å². The monoisotopic (exact) mass is 364 g/mol. The van der Waals surface area contributed by atoms with Crippen molar-refractivity contribution in [3.8, 4) is 0 Å². The fraction of sp³-hybridized carbons (Fsp3) is 0.611. The minimum absolute atomic E-state index is 0.189. The maximum Gasteiger partial charge on any atom is 0.410 e. The van der Waals surface area contributed by atoms with Crippen molar-refractivity contribution in [2.75, 3.05) is 37.6 Å². The number of anilines is 1. The lowest BCUT2D eigenvalue weighted by Gasteiger charge is -2.36. The highest BCUT2D eigenvalue weighted by Crippen LogP contribution is 2.17. The van der Waals surface area contributed by atoms with Crippen molar-refractivity contribution in [3.05, 3.63) is 24.0 Å². The molecule has 1 aliphatic rings. The molecule has 0 bridgehead atoms. The Hall–Kier alpha value is -2.35. The second kappa shape index (κ2) is 8.35. The van der Waals surface area contributed by atoms with Crippen molar-refractivity contribution in [1.82, 2.24) is 15.2 Å². The molecule has 0 aromatic carbocycles. The van der Waals surface area contributed by atoms with Crippen molar-refractivity contribution in [1.29, 1.82) is 0 Å². The van der Waals surface area contributed by atoms with Crippen molar-refractivity contribution in [2.24, 2.45) is 0 Å². The summed E-state index contributed by atoms with van der Waals surface area (Å²) in [5.74, 6) is -0.313. The number of aliphatic hydroxyl groups excluding tert-OH is 1. The largest absolute Gasteiger partial charge is 0.444 e. The number of carbonyl (C=O) groups is 2. The van der Waals surface area contributed by atoms with E-state index < -0.39 is 11.7 Å². The molecule has 8 heteroatoms. The highest BCUT2D eigenvalue weighted by Gasteiger charge is 2.26. The minimum atomic E-state index is -0.598. The lowest BCUT2D eigenvalue weighted by molar-refractivity contribution is 0.0240. The molecule has 0 radical (unpaired) electrons. The van der Waals surface area contributed by atoms with Gasteiger partial charge in [0.15, 0.2) is 0 Å². The fourth-order valence-electron chi connectivity index (χ4n) is 2.51. The van der Waals surface area contributed by atoms with Crippen LogP contribution in [-0.4, -0.2) is 71.4 Å². The Morgan fingerprint density at radius 1 is 1.27 bits per heavy atom. The van der Waals surface area contributed by atoms with E-state index in [2.05, 4.69) is 15.2 Å². The average molecular weight is 364 g/mol. The van der Waals surface area contributed by atoms with E-state index in [0.29, 0.717) is 31.9 Å². The van der Waals surface area contributed by atoms with Crippen molar-refractivity contribution in [3.63, 3.8) is 0 Å². The summed E-state index contributed by atoms with van der Waals surface area (Å²) in [7, 11) is 0. The molecule has 26 heavy (non-hydrogen) atoms. The minimum Gasteiger partial charge on any atom is -0.444 e. The average Bonchev–Trinajstić information content (AvgIpc) is 2.58. The quantitative estimate of drug-likeness (QED) is 0.835. The molecule has 144 valence electrons. The van der Waals surface area contributed by atoms with E-state index in [4.69, 9.17) is 4.74 Å². The Morgan fingerprint density at radius 3 is 2.42 bits per heavy atom. The number of aromatic nitrogens is 1. The summed E-state index contributed by atoms with van der Waals surface area (Å²) in [5.41, 5.74) is 0.713. The van der Waals surface area contributed by atoms with E-state index in [1.54, 1.807) is 24.1 Å². The zero-order valence-electron chi connectivity index (χ0n) is 15.9. The zero-order chi connectivity index (χ0) is 19.3. The first-order chi connectivity index (χ1) is 12.2. The van der Waals surface area contributed by atoms with Crippen LogP contribution in [-0.2, 0) is 4.74 Å². The van der Waals surface area contributed by atoms with Gasteiger partial charge in [-0.15, -0.1) is 0 Å². The molecule has 1 atom stereocenters. The molecule has 1 aromatic rings. The van der Waals surface area contributed by atoms with E-state index in [9.17, 15) is 14.7 Å². The summed E-state index contributed by atoms with van der Waals surface area (Å²) in [6.45, 7) is 9.85. The molecule has 2 rings (SSSR count). The number of hydrogen-bond donors (Lipinski definition) is 2. The lowest BCUT2D eigenvalue weighted by atomic mass is 10.2. The number of hydrogen-bond acceptors (Lipinski definition) is 6. The third kappa shape index (κ3) is 5.87. The molecular weight excluding hydrogens is 336 g/mol. The first-order valence-electron chi connectivity index (χ1n) is 8.81. The van der Waals surface area contributed by atoms with Crippen LogP contribution in [0.1, 0.15) is 38.2 Å². The summed E-state index contributed by atoms with van der Waals surface area (Å²) in [4.78, 5) is 32.0. The molecular formula is C18H28N4O4. The van der Waals surface area contributed by atoms with E-state index in [-0.39, 0.29) is 18.5 Å². The topological polar surface area (TPSA) is 95.0 Å². The van der Waals surface area contributed by atoms with Crippen molar-refractivity contribution < 1.29 is 19.4 Å². The second-order valence-electron chi connectivity index (χ2n) is 7.42. The third-order valence-corrected chi connectivity index (χ3v) is 3.84. The summed E-state index contributed by atoms with van der Waals surface area (Å²) < 4.78 is 5.39. The molecule has 2 heterocycles. The van der Waals surface area contributed by atoms with Crippen LogP contribution in [0.3, 0.4) is 0 Å². The van der Waals surface area contributed by atoms with Gasteiger partial charge in [-0.1, -0.05) is 0 Å². The van der Waals surface area contributed by atoms with Crippen LogP contribution in [0.25, 0.3) is 0 Å². The Balaban J connectivity index is 1.87. The number of nitrogens with one attached hydrogen (secondary N) is 1. The number of pyridine rings is 1. The normalized spacial score (nSPS) is 16.2. The van der Waals surface area contributed by atoms with Crippen LogP contribution < -0.4 is 10.2 Å². The van der Waals surface area contributed by atoms with Gasteiger partial charge in [0.25, 0.3) is 5.91 Å². The van der Waals surface area contributed by atoms with Gasteiger partial charge < -0.3 is 25.0 Å². The predicted molar refractivity (Wildman–Crippen MR) is 98.3 cm³/mol. The van der Waals surface area contributed by atoms with Gasteiger partial charge in [-0.25, -0.2) is 9.78 Å². The first-order valence-corrected chi connectivity index (χ1v) is 8.81. The maximum absolute atomic E-state index is 12.1. The number of aliphatic hydroxyl groups is 1. The van der Waals surface area contributed by atoms with Gasteiger partial charge in [0.1, 0.15) is 11.3 Å². The number of piperazine rings is 1. The molecule has 2 amide bonds. The van der Waals surface area contributed by atoms with Crippen LogP contribution in [0.5, 0.6) is 0 Å². The summed E-state index contributed by atoms with van der Waals surface area (Å²) in [6.07, 6.45) is 0.764. The van der Waals surface area contributed by atoms with Gasteiger partial charge in [-0.3, -0.25) is 4.79 Å². The molecule has 8 nitrogen and oxygen atoms in total. The molecule has 1 fully saturated rings. The van der Waals surface area contributed by atoms with Crippen LogP contribution >= 0.6 is 0 Å². The Kier molecular flexibility index (Phi) is 6.42. The van der Waals surface area contributed by atoms with Gasteiger partial charge in [0.05, 0.1) is 18.0 Å². The molecule has 1 aliphatic heterocycles. The van der Waals surface area contributed by atoms with Gasteiger partial charge in [-0.2, -0.15) is 0 Å². The van der Waals surface area contributed by atoms with E-state index in [1.165, 1.54) is 0 Å². The molecule has 0 aliphatic carbocycles. The van der Waals surface area contributed by atoms with Crippen molar-refractivity contribution >= 4 is 17.7 Å². The molecule has 0 spiro atoms. The SMILES string of the molecule is C[C@@H](O)CNC(=O)c1ccc(N2CCN(C(=O)OC(C)(C)C)CC2)cn1. The van der Waals surface area contributed by atoms with E-state index >= 15 is 0 Å². The standard InChI is InChI=1S/C18H28N4O4/c1-13(23)11-20-16(24)15-6-5-14(12-19-15)21-7-9-22(10-8-21)17(25)26-18(2,3)4/h5-6,12-13,23H,7-11H2,1-4H3,(H,20,24)/t13-/m1/s1. The maximum atomic E-state index is 12.1. The highest BCUT2D eigenvalue weighted by molar-refractivity contribution is 5.92. The molecule has 0 saturated carbocycles. The number of amides is 2. The summed E-state index contributed by atoms with van der Waals surface area (Å²) in [5, 5.41) is 11.8. The summed E-state index contributed by atoms with van der Waals surface area (Å²) >= 11 is 0. The zero-order valence-corrected chi connectivity index (χ0v) is 15.9. The smallest absolute Gasteiger partial charge is 0.410 e. The van der Waals surface area contributed by atoms with Crippen LogP contribution in [0.4, 0.5) is 10.5 Å². The lowest BCUT2D eigenvalue weighted by Crippen LogP contribution is -2.50. The number of ether oxygens (including phenoxy) is 1. The Labute approximate surface area is 154 Å². The highest BCUT2D eigenvalue weighted by atomic mass is 16.6. The molecule has 2 N–H and O–H groups in total.